The van der Waals surface area contributed by atoms with E-state index in [9.17, 15) is 8.42 Å². The van der Waals surface area contributed by atoms with Crippen LogP contribution in [-0.4, -0.2) is 14.2 Å². The zero-order valence-corrected chi connectivity index (χ0v) is 11.1. The summed E-state index contributed by atoms with van der Waals surface area (Å²) < 4.78 is 23.0. The Morgan fingerprint density at radius 1 is 1.35 bits per heavy atom. The maximum Gasteiger partial charge on any atom is 0.178 e. The molecule has 0 radical (unpaired) electrons. The van der Waals surface area contributed by atoms with Gasteiger partial charge in [0, 0.05) is 6.04 Å². The molecule has 0 heterocycles. The number of benzene rings is 1. The quantitative estimate of drug-likeness (QED) is 0.908. The molecule has 0 aliphatic heterocycles. The summed E-state index contributed by atoms with van der Waals surface area (Å²) in [7, 11) is -3.16. The molecule has 0 saturated carbocycles. The molecular weight excluding hydrogens is 260 g/mol. The first-order valence-electron chi connectivity index (χ1n) is 4.96. The van der Waals surface area contributed by atoms with Gasteiger partial charge >= 0.3 is 0 Å². The highest BCUT2D eigenvalue weighted by Crippen LogP contribution is 2.17. The molecule has 1 rings (SSSR count). The first-order valence-corrected chi connectivity index (χ1v) is 6.61. The van der Waals surface area contributed by atoms with Gasteiger partial charge in [-0.2, -0.15) is 5.26 Å². The van der Waals surface area contributed by atoms with Crippen LogP contribution in [0.2, 0.25) is 0 Å². The first-order chi connectivity index (χ1) is 7.51. The Hall–Kier alpha value is -1.09. The van der Waals surface area contributed by atoms with Gasteiger partial charge in [0.1, 0.15) is 0 Å². The Morgan fingerprint density at radius 3 is 2.29 bits per heavy atom. The largest absolute Gasteiger partial charge is 0.323 e. The SMILES string of the molecule is CCS(=O)(=O)c1ccc([C@@H](N)CC#N)cc1.Cl. The number of hydrogen-bond donors (Lipinski definition) is 1. The molecule has 0 aromatic heterocycles. The smallest absolute Gasteiger partial charge is 0.178 e. The van der Waals surface area contributed by atoms with Gasteiger partial charge < -0.3 is 5.73 Å². The fourth-order valence-corrected chi connectivity index (χ4v) is 2.19. The van der Waals surface area contributed by atoms with E-state index in [0.29, 0.717) is 4.90 Å². The van der Waals surface area contributed by atoms with E-state index in [1.807, 2.05) is 6.07 Å². The third kappa shape index (κ3) is 4.00. The van der Waals surface area contributed by atoms with Crippen molar-refractivity contribution in [2.24, 2.45) is 5.73 Å². The average molecular weight is 275 g/mol. The van der Waals surface area contributed by atoms with Gasteiger partial charge in [-0.3, -0.25) is 0 Å². The Morgan fingerprint density at radius 2 is 1.88 bits per heavy atom. The molecule has 1 aromatic rings. The molecule has 1 atom stereocenters. The molecule has 0 bridgehead atoms. The second kappa shape index (κ2) is 6.60. The fraction of sp³-hybridized carbons (Fsp3) is 0.364. The standard InChI is InChI=1S/C11H14N2O2S.ClH/c1-2-16(14,15)10-5-3-9(4-6-10)11(13)7-8-12;/h3-6,11H,2,7,13H2,1H3;1H/t11-;/m0./s1. The number of nitrogens with two attached hydrogens (primary N) is 1. The summed E-state index contributed by atoms with van der Waals surface area (Å²) in [6, 6.07) is 8.00. The van der Waals surface area contributed by atoms with Crippen molar-refractivity contribution in [1.82, 2.24) is 0 Å². The zero-order chi connectivity index (χ0) is 12.2. The van der Waals surface area contributed by atoms with E-state index < -0.39 is 9.84 Å². The molecule has 1 aromatic carbocycles. The molecule has 0 saturated heterocycles. The van der Waals surface area contributed by atoms with Gasteiger partial charge in [-0.05, 0) is 17.7 Å². The molecule has 0 amide bonds. The van der Waals surface area contributed by atoms with Crippen molar-refractivity contribution in [3.05, 3.63) is 29.8 Å². The Balaban J connectivity index is 0.00000256. The highest BCUT2D eigenvalue weighted by atomic mass is 35.5. The number of rotatable bonds is 4. The van der Waals surface area contributed by atoms with Crippen LogP contribution in [0.15, 0.2) is 29.2 Å². The maximum atomic E-state index is 11.5. The van der Waals surface area contributed by atoms with Crippen molar-refractivity contribution < 1.29 is 8.42 Å². The van der Waals surface area contributed by atoms with Crippen LogP contribution in [0.5, 0.6) is 0 Å². The van der Waals surface area contributed by atoms with Gasteiger partial charge in [0.15, 0.2) is 9.84 Å². The number of hydrogen-bond acceptors (Lipinski definition) is 4. The summed E-state index contributed by atoms with van der Waals surface area (Å²) in [5, 5.41) is 8.49. The first kappa shape index (κ1) is 15.9. The predicted octanol–water partition coefficient (Wildman–Crippen LogP) is 1.82. The van der Waals surface area contributed by atoms with Crippen LogP contribution in [0.4, 0.5) is 0 Å². The van der Waals surface area contributed by atoms with Gasteiger partial charge in [-0.1, -0.05) is 19.1 Å². The van der Waals surface area contributed by atoms with Crippen molar-refractivity contribution in [2.75, 3.05) is 5.75 Å². The van der Waals surface area contributed by atoms with Crippen LogP contribution in [0.3, 0.4) is 0 Å². The lowest BCUT2D eigenvalue weighted by Crippen LogP contribution is -2.10. The number of halogens is 1. The number of sulfone groups is 1. The van der Waals surface area contributed by atoms with E-state index >= 15 is 0 Å². The lowest BCUT2D eigenvalue weighted by atomic mass is 10.1. The summed E-state index contributed by atoms with van der Waals surface area (Å²) in [6.45, 7) is 1.60. The van der Waals surface area contributed by atoms with Crippen LogP contribution < -0.4 is 5.73 Å². The van der Waals surface area contributed by atoms with Gasteiger partial charge in [0.05, 0.1) is 23.1 Å². The minimum absolute atomic E-state index is 0. The second-order valence-corrected chi connectivity index (χ2v) is 5.72. The molecule has 0 unspecified atom stereocenters. The Kier molecular flexibility index (Phi) is 6.18. The summed E-state index contributed by atoms with van der Waals surface area (Å²) in [4.78, 5) is 0.294. The summed E-state index contributed by atoms with van der Waals surface area (Å²) in [5.74, 6) is 0.0800. The number of nitrogens with zero attached hydrogens (tertiary/aromatic N) is 1. The molecule has 0 spiro atoms. The van der Waals surface area contributed by atoms with Crippen molar-refractivity contribution in [3.8, 4) is 6.07 Å². The van der Waals surface area contributed by atoms with Crippen LogP contribution in [-0.2, 0) is 9.84 Å². The molecule has 94 valence electrons. The Bertz CT molecular complexity index is 491. The average Bonchev–Trinajstić information content (AvgIpc) is 2.29. The molecule has 2 N–H and O–H groups in total. The molecular formula is C11H15ClN2O2S. The van der Waals surface area contributed by atoms with Crippen LogP contribution in [0.1, 0.15) is 24.9 Å². The molecule has 17 heavy (non-hydrogen) atoms. The van der Waals surface area contributed by atoms with Crippen LogP contribution in [0, 0.1) is 11.3 Å². The number of nitriles is 1. The molecule has 0 fully saturated rings. The van der Waals surface area contributed by atoms with E-state index in [1.54, 1.807) is 19.1 Å². The van der Waals surface area contributed by atoms with Gasteiger partial charge in [-0.25, -0.2) is 8.42 Å². The lowest BCUT2D eigenvalue weighted by Gasteiger charge is -2.08. The van der Waals surface area contributed by atoms with E-state index in [4.69, 9.17) is 11.0 Å². The minimum atomic E-state index is -3.16. The highest BCUT2D eigenvalue weighted by Gasteiger charge is 2.12. The van der Waals surface area contributed by atoms with Crippen molar-refractivity contribution in [1.29, 1.82) is 5.26 Å². The maximum absolute atomic E-state index is 11.5. The van der Waals surface area contributed by atoms with E-state index in [1.165, 1.54) is 12.1 Å². The van der Waals surface area contributed by atoms with Gasteiger partial charge in [-0.15, -0.1) is 12.4 Å². The second-order valence-electron chi connectivity index (χ2n) is 3.44. The third-order valence-corrected chi connectivity index (χ3v) is 4.11. The topological polar surface area (TPSA) is 83.9 Å². The van der Waals surface area contributed by atoms with Gasteiger partial charge in [0.2, 0.25) is 0 Å². The Labute approximate surface area is 108 Å². The highest BCUT2D eigenvalue weighted by molar-refractivity contribution is 7.91. The fourth-order valence-electron chi connectivity index (χ4n) is 1.31. The van der Waals surface area contributed by atoms with Crippen molar-refractivity contribution in [2.45, 2.75) is 24.3 Å². The normalized spacial score (nSPS) is 12.3. The summed E-state index contributed by atoms with van der Waals surface area (Å²) >= 11 is 0. The molecule has 0 aliphatic rings. The zero-order valence-electron chi connectivity index (χ0n) is 9.46. The van der Waals surface area contributed by atoms with Gasteiger partial charge in [0.25, 0.3) is 0 Å². The molecule has 6 heteroatoms. The van der Waals surface area contributed by atoms with E-state index in [-0.39, 0.29) is 30.6 Å². The van der Waals surface area contributed by atoms with Crippen molar-refractivity contribution >= 4 is 22.2 Å². The van der Waals surface area contributed by atoms with E-state index in [2.05, 4.69) is 0 Å². The third-order valence-electron chi connectivity index (χ3n) is 2.36. The lowest BCUT2D eigenvalue weighted by molar-refractivity contribution is 0.597. The summed E-state index contributed by atoms with van der Waals surface area (Å²) in [5.41, 5.74) is 6.50. The monoisotopic (exact) mass is 274 g/mol. The molecule has 0 aliphatic carbocycles. The van der Waals surface area contributed by atoms with Crippen LogP contribution >= 0.6 is 12.4 Å². The van der Waals surface area contributed by atoms with E-state index in [0.717, 1.165) is 5.56 Å². The summed E-state index contributed by atoms with van der Waals surface area (Å²) in [6.07, 6.45) is 0.222. The minimum Gasteiger partial charge on any atom is -0.323 e. The molecule has 4 nitrogen and oxygen atoms in total. The van der Waals surface area contributed by atoms with Crippen molar-refractivity contribution in [3.63, 3.8) is 0 Å². The predicted molar refractivity (Wildman–Crippen MR) is 68.6 cm³/mol. The van der Waals surface area contributed by atoms with Crippen LogP contribution in [0.25, 0.3) is 0 Å².